The lowest BCUT2D eigenvalue weighted by atomic mass is 9.73. The molecule has 0 bridgehead atoms. The van der Waals surface area contributed by atoms with Crippen molar-refractivity contribution in [2.24, 2.45) is 11.8 Å². The van der Waals surface area contributed by atoms with Gasteiger partial charge in [-0.25, -0.2) is 13.6 Å². The smallest absolute Gasteiger partial charge is 0.341 e. The summed E-state index contributed by atoms with van der Waals surface area (Å²) in [6.45, 7) is 4.73. The summed E-state index contributed by atoms with van der Waals surface area (Å²) in [6.07, 6.45) is 12.3. The first kappa shape index (κ1) is 30.1. The van der Waals surface area contributed by atoms with Gasteiger partial charge in [-0.05, 0) is 73.3 Å². The number of hydrogen-bond acceptors (Lipinski definition) is 2. The topological polar surface area (TPSA) is 46.5 Å². The van der Waals surface area contributed by atoms with Crippen LogP contribution in [0.4, 0.5) is 8.78 Å². The third-order valence-electron chi connectivity index (χ3n) is 8.34. The molecule has 38 heavy (non-hydrogen) atoms. The number of carboxylic acid groups (broad SMARTS) is 1. The van der Waals surface area contributed by atoms with Crippen molar-refractivity contribution >= 4 is 5.97 Å². The van der Waals surface area contributed by atoms with Crippen LogP contribution in [0.15, 0.2) is 42.5 Å². The molecule has 3 nitrogen and oxygen atoms in total. The Morgan fingerprint density at radius 3 is 2.32 bits per heavy atom. The molecule has 0 amide bonds. The minimum Gasteiger partial charge on any atom is -0.491 e. The second-order valence-electron chi connectivity index (χ2n) is 11.1. The Bertz CT molecular complexity index is 984. The summed E-state index contributed by atoms with van der Waals surface area (Å²) >= 11 is 0. The van der Waals surface area contributed by atoms with Gasteiger partial charge >= 0.3 is 5.97 Å². The molecule has 2 aromatic rings. The molecule has 0 radical (unpaired) electrons. The first-order valence-electron chi connectivity index (χ1n) is 14.8. The highest BCUT2D eigenvalue weighted by molar-refractivity contribution is 5.77. The molecule has 0 heterocycles. The van der Waals surface area contributed by atoms with E-state index in [0.29, 0.717) is 25.2 Å². The lowest BCUT2D eigenvalue weighted by Crippen LogP contribution is -2.44. The average Bonchev–Trinajstić information content (AvgIpc) is 2.94. The van der Waals surface area contributed by atoms with E-state index in [1.54, 1.807) is 6.07 Å². The van der Waals surface area contributed by atoms with E-state index in [-0.39, 0.29) is 24.1 Å². The van der Waals surface area contributed by atoms with E-state index in [4.69, 9.17) is 4.74 Å². The van der Waals surface area contributed by atoms with Crippen LogP contribution in [-0.2, 0) is 11.2 Å². The third kappa shape index (κ3) is 8.54. The highest BCUT2D eigenvalue weighted by atomic mass is 19.1. The van der Waals surface area contributed by atoms with Gasteiger partial charge in [-0.1, -0.05) is 95.5 Å². The van der Waals surface area contributed by atoms with Crippen molar-refractivity contribution in [2.45, 2.75) is 109 Å². The summed E-state index contributed by atoms with van der Waals surface area (Å²) < 4.78 is 36.0. The number of halogens is 2. The Labute approximate surface area is 228 Å². The van der Waals surface area contributed by atoms with Gasteiger partial charge in [0, 0.05) is 5.92 Å². The van der Waals surface area contributed by atoms with Crippen LogP contribution in [0.2, 0.25) is 0 Å². The lowest BCUT2D eigenvalue weighted by molar-refractivity contribution is -0.158. The highest BCUT2D eigenvalue weighted by Crippen LogP contribution is 2.41. The van der Waals surface area contributed by atoms with E-state index in [9.17, 15) is 14.3 Å². The van der Waals surface area contributed by atoms with Crippen molar-refractivity contribution in [3.63, 3.8) is 0 Å². The molecular weight excluding hydrogens is 482 g/mol. The lowest BCUT2D eigenvalue weighted by Gasteiger charge is -2.35. The molecular formula is C33H46F2O3. The zero-order valence-electron chi connectivity index (χ0n) is 23.3. The third-order valence-corrected chi connectivity index (χ3v) is 8.34. The number of unbranched alkanes of at least 4 members (excludes halogenated alkanes) is 4. The molecule has 1 unspecified atom stereocenters. The fourth-order valence-electron chi connectivity index (χ4n) is 5.78. The van der Waals surface area contributed by atoms with E-state index >= 15 is 4.39 Å². The van der Waals surface area contributed by atoms with Crippen LogP contribution in [0.25, 0.3) is 11.1 Å². The standard InChI is InChI=1S/C33H46F2O3/c1-3-5-6-7-11-22-38-31-21-20-28(23-30(31)34)27-18-16-26(17-19-27)15-14-25(4-2)24-33(35,32(36)37)29-12-9-8-10-13-29/h16-21,23,25,29H,3-15,22,24H2,1-2H3,(H,36,37)/t25?,33-/m0/s1. The van der Waals surface area contributed by atoms with Crippen LogP contribution in [0.1, 0.15) is 103 Å². The molecule has 3 rings (SSSR count). The van der Waals surface area contributed by atoms with Crippen molar-refractivity contribution in [2.75, 3.05) is 6.61 Å². The zero-order chi connectivity index (χ0) is 27.4. The van der Waals surface area contributed by atoms with E-state index < -0.39 is 11.6 Å². The number of hydrogen-bond donors (Lipinski definition) is 1. The summed E-state index contributed by atoms with van der Waals surface area (Å²) in [5, 5.41) is 9.76. The fourth-order valence-corrected chi connectivity index (χ4v) is 5.78. The Morgan fingerprint density at radius 1 is 1.00 bits per heavy atom. The summed E-state index contributed by atoms with van der Waals surface area (Å²) in [6, 6.07) is 13.1. The SMILES string of the molecule is CCCCCCCOc1ccc(-c2ccc(CCC(CC)C[C@@](F)(C(=O)O)C3CCCCC3)cc2)cc1F. The molecule has 2 aromatic carbocycles. The van der Waals surface area contributed by atoms with Gasteiger partial charge in [-0.3, -0.25) is 0 Å². The summed E-state index contributed by atoms with van der Waals surface area (Å²) in [7, 11) is 0. The van der Waals surface area contributed by atoms with Gasteiger partial charge in [0.05, 0.1) is 6.61 Å². The molecule has 2 atom stereocenters. The van der Waals surface area contributed by atoms with Crippen LogP contribution < -0.4 is 4.74 Å². The number of benzene rings is 2. The molecule has 1 N–H and O–H groups in total. The summed E-state index contributed by atoms with van der Waals surface area (Å²) in [4.78, 5) is 12.0. The van der Waals surface area contributed by atoms with Crippen molar-refractivity contribution in [1.82, 2.24) is 0 Å². The maximum atomic E-state index is 15.8. The summed E-state index contributed by atoms with van der Waals surface area (Å²) in [5.74, 6) is -1.69. The van der Waals surface area contributed by atoms with Crippen LogP contribution in [0.5, 0.6) is 5.75 Å². The number of aliphatic carboxylic acids is 1. The van der Waals surface area contributed by atoms with Crippen molar-refractivity contribution < 1.29 is 23.4 Å². The van der Waals surface area contributed by atoms with Gasteiger partial charge in [0.25, 0.3) is 0 Å². The van der Waals surface area contributed by atoms with Gasteiger partial charge < -0.3 is 9.84 Å². The van der Waals surface area contributed by atoms with E-state index in [1.165, 1.54) is 25.3 Å². The normalized spacial score (nSPS) is 16.6. The number of rotatable bonds is 16. The zero-order valence-corrected chi connectivity index (χ0v) is 23.3. The molecule has 1 aliphatic rings. The molecule has 0 aliphatic heterocycles. The quantitative estimate of drug-likeness (QED) is 0.221. The Balaban J connectivity index is 1.53. The first-order valence-corrected chi connectivity index (χ1v) is 14.8. The predicted octanol–water partition coefficient (Wildman–Crippen LogP) is 9.56. The number of ether oxygens (including phenoxy) is 1. The van der Waals surface area contributed by atoms with Gasteiger partial charge in [0.1, 0.15) is 0 Å². The van der Waals surface area contributed by atoms with E-state index in [0.717, 1.165) is 68.1 Å². The maximum Gasteiger partial charge on any atom is 0.341 e. The largest absolute Gasteiger partial charge is 0.491 e. The van der Waals surface area contributed by atoms with Gasteiger partial charge in [0.2, 0.25) is 5.67 Å². The molecule has 0 spiro atoms. The molecule has 210 valence electrons. The molecule has 0 saturated heterocycles. The minimum absolute atomic E-state index is 0.0194. The molecule has 5 heteroatoms. The van der Waals surface area contributed by atoms with Crippen molar-refractivity contribution in [3.8, 4) is 16.9 Å². The van der Waals surface area contributed by atoms with Crippen LogP contribution in [0, 0.1) is 17.7 Å². The van der Waals surface area contributed by atoms with E-state index in [1.807, 2.05) is 37.3 Å². The van der Waals surface area contributed by atoms with Gasteiger partial charge in [-0.15, -0.1) is 0 Å². The van der Waals surface area contributed by atoms with Gasteiger partial charge in [-0.2, -0.15) is 0 Å². The molecule has 1 saturated carbocycles. The Kier molecular flexibility index (Phi) is 12.1. The number of carbonyl (C=O) groups is 1. The minimum atomic E-state index is -2.13. The van der Waals surface area contributed by atoms with Crippen molar-refractivity contribution in [3.05, 3.63) is 53.8 Å². The van der Waals surface area contributed by atoms with Crippen molar-refractivity contribution in [1.29, 1.82) is 0 Å². The second-order valence-corrected chi connectivity index (χ2v) is 11.1. The number of alkyl halides is 1. The second kappa shape index (κ2) is 15.2. The summed E-state index contributed by atoms with van der Waals surface area (Å²) in [5.41, 5.74) is 0.719. The number of aryl methyl sites for hydroxylation is 1. The van der Waals surface area contributed by atoms with Crippen LogP contribution in [0.3, 0.4) is 0 Å². The molecule has 0 aromatic heterocycles. The van der Waals surface area contributed by atoms with Crippen LogP contribution >= 0.6 is 0 Å². The molecule has 1 aliphatic carbocycles. The predicted molar refractivity (Wildman–Crippen MR) is 151 cm³/mol. The van der Waals surface area contributed by atoms with E-state index in [2.05, 4.69) is 6.92 Å². The monoisotopic (exact) mass is 528 g/mol. The Hall–Kier alpha value is -2.43. The van der Waals surface area contributed by atoms with Gasteiger partial charge in [0.15, 0.2) is 11.6 Å². The first-order chi connectivity index (χ1) is 18.4. The Morgan fingerprint density at radius 2 is 1.68 bits per heavy atom. The molecule has 1 fully saturated rings. The fraction of sp³-hybridized carbons (Fsp3) is 0.606. The average molecular weight is 529 g/mol. The highest BCUT2D eigenvalue weighted by Gasteiger charge is 2.47. The number of carboxylic acids is 1. The maximum absolute atomic E-state index is 15.8. The van der Waals surface area contributed by atoms with Crippen LogP contribution in [-0.4, -0.2) is 23.4 Å².